The van der Waals surface area contributed by atoms with Crippen molar-refractivity contribution in [2.75, 3.05) is 11.9 Å². The third-order valence-corrected chi connectivity index (χ3v) is 5.09. The second-order valence-corrected chi connectivity index (χ2v) is 6.97. The molecule has 0 spiro atoms. The minimum Gasteiger partial charge on any atom is -0.493 e. The molecule has 0 unspecified atom stereocenters. The van der Waals surface area contributed by atoms with E-state index in [2.05, 4.69) is 10.3 Å². The lowest BCUT2D eigenvalue weighted by Crippen LogP contribution is -2.16. The standard InChI is InChI=1S/C18H13ClF2N4O3S/c19-11-6-10(23-16(26)15-12(21)5-9(20)7-22-15)1-2-13(11)25-17(27)14-8-28-4-3-24(14)18(25)29/h1-2,5-7,27H,3-4,8H2,(H,23,26). The zero-order valence-electron chi connectivity index (χ0n) is 14.7. The fraction of sp³-hybridized carbons (Fsp3) is 0.167. The fourth-order valence-electron chi connectivity index (χ4n) is 3.03. The highest BCUT2D eigenvalue weighted by molar-refractivity contribution is 7.71. The highest BCUT2D eigenvalue weighted by atomic mass is 35.5. The smallest absolute Gasteiger partial charge is 0.277 e. The van der Waals surface area contributed by atoms with Crippen LogP contribution in [0.5, 0.6) is 5.88 Å². The van der Waals surface area contributed by atoms with Crippen LogP contribution in [0.4, 0.5) is 14.5 Å². The molecule has 1 amide bonds. The molecule has 0 bridgehead atoms. The lowest BCUT2D eigenvalue weighted by atomic mass is 10.2. The number of pyridine rings is 1. The van der Waals surface area contributed by atoms with Crippen molar-refractivity contribution in [3.8, 4) is 11.6 Å². The normalized spacial score (nSPS) is 13.2. The van der Waals surface area contributed by atoms with Crippen LogP contribution in [-0.2, 0) is 17.9 Å². The Kier molecular flexibility index (Phi) is 5.07. The number of rotatable bonds is 3. The lowest BCUT2D eigenvalue weighted by Gasteiger charge is -2.14. The van der Waals surface area contributed by atoms with E-state index in [0.717, 1.165) is 6.20 Å². The van der Waals surface area contributed by atoms with Gasteiger partial charge in [-0.1, -0.05) is 11.6 Å². The first-order valence-corrected chi connectivity index (χ1v) is 9.19. The molecule has 7 nitrogen and oxygen atoms in total. The number of ether oxygens (including phenoxy) is 1. The van der Waals surface area contributed by atoms with Crippen molar-refractivity contribution in [2.24, 2.45) is 0 Å². The minimum absolute atomic E-state index is 0.0778. The van der Waals surface area contributed by atoms with Gasteiger partial charge in [0.2, 0.25) is 5.88 Å². The molecule has 0 saturated carbocycles. The molecule has 1 aliphatic heterocycles. The van der Waals surface area contributed by atoms with Crippen molar-refractivity contribution in [2.45, 2.75) is 13.2 Å². The molecule has 3 heterocycles. The van der Waals surface area contributed by atoms with Gasteiger partial charge in [0, 0.05) is 18.3 Å². The molecule has 2 aromatic heterocycles. The molecular weight excluding hydrogens is 426 g/mol. The summed E-state index contributed by atoms with van der Waals surface area (Å²) in [5.74, 6) is -2.90. The quantitative estimate of drug-likeness (QED) is 0.607. The van der Waals surface area contributed by atoms with Crippen molar-refractivity contribution in [3.05, 3.63) is 63.3 Å². The van der Waals surface area contributed by atoms with Crippen molar-refractivity contribution in [1.82, 2.24) is 14.1 Å². The van der Waals surface area contributed by atoms with Crippen LogP contribution in [0.25, 0.3) is 5.69 Å². The zero-order chi connectivity index (χ0) is 20.7. The number of amides is 1. The summed E-state index contributed by atoms with van der Waals surface area (Å²) in [6.45, 7) is 1.22. The van der Waals surface area contributed by atoms with Crippen LogP contribution in [0.15, 0.2) is 30.5 Å². The number of nitrogens with one attached hydrogen (secondary N) is 1. The van der Waals surface area contributed by atoms with Gasteiger partial charge < -0.3 is 19.7 Å². The van der Waals surface area contributed by atoms with Crippen molar-refractivity contribution >= 4 is 35.4 Å². The molecule has 2 N–H and O–H groups in total. The summed E-state index contributed by atoms with van der Waals surface area (Å²) in [6, 6.07) is 5.05. The number of hydrogen-bond acceptors (Lipinski definition) is 5. The lowest BCUT2D eigenvalue weighted by molar-refractivity contribution is 0.0825. The van der Waals surface area contributed by atoms with E-state index in [9.17, 15) is 18.7 Å². The van der Waals surface area contributed by atoms with E-state index in [4.69, 9.17) is 28.6 Å². The van der Waals surface area contributed by atoms with Gasteiger partial charge in [-0.05, 0) is 30.4 Å². The molecule has 1 aromatic carbocycles. The molecule has 0 radical (unpaired) electrons. The molecule has 4 rings (SSSR count). The Hall–Kier alpha value is -2.82. The third-order valence-electron chi connectivity index (χ3n) is 4.39. The predicted molar refractivity (Wildman–Crippen MR) is 103 cm³/mol. The van der Waals surface area contributed by atoms with Gasteiger partial charge in [0.1, 0.15) is 11.5 Å². The van der Waals surface area contributed by atoms with Crippen LogP contribution in [0.3, 0.4) is 0 Å². The molecule has 0 aliphatic carbocycles. The van der Waals surface area contributed by atoms with Crippen LogP contribution in [0, 0.1) is 16.4 Å². The van der Waals surface area contributed by atoms with Gasteiger partial charge >= 0.3 is 0 Å². The fourth-order valence-corrected chi connectivity index (χ4v) is 3.68. The first-order chi connectivity index (χ1) is 13.9. The summed E-state index contributed by atoms with van der Waals surface area (Å²) in [6.07, 6.45) is 0.747. The number of hydrogen-bond donors (Lipinski definition) is 2. The van der Waals surface area contributed by atoms with E-state index < -0.39 is 23.2 Å². The predicted octanol–water partition coefficient (Wildman–Crippen LogP) is 3.82. The second-order valence-electron chi connectivity index (χ2n) is 6.20. The van der Waals surface area contributed by atoms with E-state index >= 15 is 0 Å². The van der Waals surface area contributed by atoms with E-state index in [-0.39, 0.29) is 23.2 Å². The topological polar surface area (TPSA) is 81.3 Å². The van der Waals surface area contributed by atoms with Crippen LogP contribution in [0.2, 0.25) is 5.02 Å². The van der Waals surface area contributed by atoms with E-state index in [1.807, 2.05) is 0 Å². The highest BCUT2D eigenvalue weighted by Crippen LogP contribution is 2.32. The molecule has 3 aromatic rings. The Labute approximate surface area is 173 Å². The maximum Gasteiger partial charge on any atom is 0.277 e. The molecule has 29 heavy (non-hydrogen) atoms. The number of nitrogens with zero attached hydrogens (tertiary/aromatic N) is 3. The van der Waals surface area contributed by atoms with Crippen LogP contribution < -0.4 is 5.32 Å². The number of halogens is 3. The van der Waals surface area contributed by atoms with Crippen LogP contribution in [-0.4, -0.2) is 31.7 Å². The maximum absolute atomic E-state index is 13.7. The summed E-state index contributed by atoms with van der Waals surface area (Å²) < 4.78 is 35.6. The molecule has 150 valence electrons. The average Bonchev–Trinajstić information content (AvgIpc) is 2.93. The average molecular weight is 439 g/mol. The number of anilines is 1. The minimum atomic E-state index is -1.08. The molecule has 1 aliphatic rings. The molecule has 11 heteroatoms. The maximum atomic E-state index is 13.7. The van der Waals surface area contributed by atoms with Crippen molar-refractivity contribution in [1.29, 1.82) is 0 Å². The Bertz CT molecular complexity index is 1190. The Morgan fingerprint density at radius 3 is 2.83 bits per heavy atom. The molecular formula is C18H13ClF2N4O3S. The van der Waals surface area contributed by atoms with Crippen LogP contribution >= 0.6 is 23.8 Å². The SMILES string of the molecule is O=C(Nc1ccc(-n2c(O)c3n(c2=S)CCOC3)c(Cl)c1)c1ncc(F)cc1F. The van der Waals surface area contributed by atoms with Crippen molar-refractivity contribution in [3.63, 3.8) is 0 Å². The van der Waals surface area contributed by atoms with E-state index in [1.54, 1.807) is 10.6 Å². The highest BCUT2D eigenvalue weighted by Gasteiger charge is 2.23. The summed E-state index contributed by atoms with van der Waals surface area (Å²) in [5, 5.41) is 13.2. The Morgan fingerprint density at radius 2 is 2.14 bits per heavy atom. The van der Waals surface area contributed by atoms with E-state index in [0.29, 0.717) is 35.4 Å². The van der Waals surface area contributed by atoms with Gasteiger partial charge in [-0.3, -0.25) is 9.36 Å². The number of imidazole rings is 1. The van der Waals surface area contributed by atoms with Gasteiger partial charge in [0.25, 0.3) is 5.91 Å². The summed E-state index contributed by atoms with van der Waals surface area (Å²) >= 11 is 11.8. The first-order valence-electron chi connectivity index (χ1n) is 8.40. The van der Waals surface area contributed by atoms with Gasteiger partial charge in [-0.25, -0.2) is 13.8 Å². The summed E-state index contributed by atoms with van der Waals surface area (Å²) in [5.41, 5.74) is 0.659. The third kappa shape index (κ3) is 3.50. The number of carbonyl (C=O) groups excluding carboxylic acids is 1. The number of carbonyl (C=O) groups is 1. The number of fused-ring (bicyclic) bond motifs is 1. The largest absolute Gasteiger partial charge is 0.493 e. The Morgan fingerprint density at radius 1 is 1.34 bits per heavy atom. The first kappa shape index (κ1) is 19.5. The van der Waals surface area contributed by atoms with Gasteiger partial charge in [-0.15, -0.1) is 0 Å². The van der Waals surface area contributed by atoms with Crippen LogP contribution in [0.1, 0.15) is 16.2 Å². The van der Waals surface area contributed by atoms with Gasteiger partial charge in [0.05, 0.1) is 30.1 Å². The molecule has 0 fully saturated rings. The molecule has 0 saturated heterocycles. The Balaban J connectivity index is 1.65. The van der Waals surface area contributed by atoms with E-state index in [1.165, 1.54) is 16.7 Å². The summed E-state index contributed by atoms with van der Waals surface area (Å²) in [4.78, 5) is 15.7. The van der Waals surface area contributed by atoms with Gasteiger partial charge in [-0.2, -0.15) is 0 Å². The van der Waals surface area contributed by atoms with Crippen molar-refractivity contribution < 1.29 is 23.4 Å². The second kappa shape index (κ2) is 7.54. The number of aromatic nitrogens is 3. The number of benzene rings is 1. The van der Waals surface area contributed by atoms with Gasteiger partial charge in [0.15, 0.2) is 16.3 Å². The summed E-state index contributed by atoms with van der Waals surface area (Å²) in [7, 11) is 0. The number of aromatic hydroxyl groups is 1. The zero-order valence-corrected chi connectivity index (χ0v) is 16.2. The monoisotopic (exact) mass is 438 g/mol. The molecule has 0 atom stereocenters.